The van der Waals surface area contributed by atoms with E-state index in [0.717, 1.165) is 24.1 Å². The fourth-order valence-electron chi connectivity index (χ4n) is 1.41. The van der Waals surface area contributed by atoms with Crippen molar-refractivity contribution in [2.24, 2.45) is 0 Å². The van der Waals surface area contributed by atoms with Crippen molar-refractivity contribution >= 4 is 15.9 Å². The Bertz CT molecular complexity index is 304. The lowest BCUT2D eigenvalue weighted by atomic mass is 10.2. The van der Waals surface area contributed by atoms with Gasteiger partial charge >= 0.3 is 0 Å². The summed E-state index contributed by atoms with van der Waals surface area (Å²) in [6, 6.07) is 2.57. The molecule has 0 fully saturated rings. The second-order valence-corrected chi connectivity index (χ2v) is 4.91. The van der Waals surface area contributed by atoms with Crippen LogP contribution in [-0.4, -0.2) is 24.1 Å². The van der Waals surface area contributed by atoms with E-state index in [0.29, 0.717) is 6.04 Å². The average molecular weight is 286 g/mol. The minimum Gasteiger partial charge on any atom is -0.315 e. The summed E-state index contributed by atoms with van der Waals surface area (Å²) < 4.78 is 1.03. The summed E-state index contributed by atoms with van der Waals surface area (Å²) in [6.45, 7) is 7.33. The van der Waals surface area contributed by atoms with Gasteiger partial charge in [-0.15, -0.1) is 0 Å². The third-order valence-corrected chi connectivity index (χ3v) is 2.73. The third-order valence-electron chi connectivity index (χ3n) is 2.29. The largest absolute Gasteiger partial charge is 0.315 e. The van der Waals surface area contributed by atoms with Crippen LogP contribution in [0, 0.1) is 0 Å². The van der Waals surface area contributed by atoms with Crippen LogP contribution in [0.2, 0.25) is 0 Å². The van der Waals surface area contributed by atoms with Crippen molar-refractivity contribution < 1.29 is 0 Å². The molecule has 16 heavy (non-hydrogen) atoms. The van der Waals surface area contributed by atoms with Gasteiger partial charge in [0.05, 0.1) is 0 Å². The maximum Gasteiger partial charge on any atom is 0.0410 e. The molecule has 1 rings (SSSR count). The standard InChI is InChI=1S/C12H20BrN3/c1-3-4-14-6-10(2)16-8-11-5-12(13)9-15-7-11/h5,7,9-10,14,16H,3-4,6,8H2,1-2H3. The number of rotatable bonds is 7. The molecule has 2 N–H and O–H groups in total. The highest BCUT2D eigenvalue weighted by molar-refractivity contribution is 9.10. The van der Waals surface area contributed by atoms with Crippen LogP contribution >= 0.6 is 15.9 Å². The second kappa shape index (κ2) is 7.76. The summed E-state index contributed by atoms with van der Waals surface area (Å²) in [7, 11) is 0. The molecule has 90 valence electrons. The van der Waals surface area contributed by atoms with E-state index in [1.54, 1.807) is 6.20 Å². The monoisotopic (exact) mass is 285 g/mol. The molecule has 1 aromatic heterocycles. The molecule has 0 saturated carbocycles. The predicted molar refractivity (Wildman–Crippen MR) is 71.4 cm³/mol. The lowest BCUT2D eigenvalue weighted by Gasteiger charge is -2.14. The molecular formula is C12H20BrN3. The first-order chi connectivity index (χ1) is 7.72. The van der Waals surface area contributed by atoms with E-state index in [1.807, 2.05) is 6.20 Å². The summed E-state index contributed by atoms with van der Waals surface area (Å²) in [6.07, 6.45) is 4.88. The van der Waals surface area contributed by atoms with E-state index in [9.17, 15) is 0 Å². The molecule has 0 saturated heterocycles. The van der Waals surface area contributed by atoms with Gasteiger partial charge < -0.3 is 10.6 Å². The summed E-state index contributed by atoms with van der Waals surface area (Å²) in [5.41, 5.74) is 1.21. The first-order valence-electron chi connectivity index (χ1n) is 5.76. The van der Waals surface area contributed by atoms with Crippen LogP contribution in [0.1, 0.15) is 25.8 Å². The van der Waals surface area contributed by atoms with Crippen molar-refractivity contribution in [2.75, 3.05) is 13.1 Å². The quantitative estimate of drug-likeness (QED) is 0.755. The van der Waals surface area contributed by atoms with Crippen LogP contribution in [0.4, 0.5) is 0 Å². The number of aromatic nitrogens is 1. The highest BCUT2D eigenvalue weighted by Crippen LogP contribution is 2.09. The number of nitrogens with one attached hydrogen (secondary N) is 2. The maximum absolute atomic E-state index is 4.14. The molecule has 0 bridgehead atoms. The average Bonchev–Trinajstić information content (AvgIpc) is 2.27. The number of hydrogen-bond donors (Lipinski definition) is 2. The minimum atomic E-state index is 0.477. The van der Waals surface area contributed by atoms with Crippen LogP contribution in [-0.2, 0) is 6.54 Å². The van der Waals surface area contributed by atoms with Gasteiger partial charge in [-0.05, 0) is 47.4 Å². The first-order valence-corrected chi connectivity index (χ1v) is 6.55. The van der Waals surface area contributed by atoms with E-state index in [4.69, 9.17) is 0 Å². The fourth-order valence-corrected chi connectivity index (χ4v) is 1.82. The molecule has 1 unspecified atom stereocenters. The predicted octanol–water partition coefficient (Wildman–Crippen LogP) is 2.32. The van der Waals surface area contributed by atoms with E-state index >= 15 is 0 Å². The number of pyridine rings is 1. The molecule has 0 aliphatic carbocycles. The number of halogens is 1. The first kappa shape index (κ1) is 13.6. The minimum absolute atomic E-state index is 0.477. The molecular weight excluding hydrogens is 266 g/mol. The summed E-state index contributed by atoms with van der Waals surface area (Å²) in [5, 5.41) is 6.86. The zero-order valence-electron chi connectivity index (χ0n) is 9.96. The van der Waals surface area contributed by atoms with E-state index in [1.165, 1.54) is 12.0 Å². The smallest absolute Gasteiger partial charge is 0.0410 e. The Labute approximate surface area is 106 Å². The van der Waals surface area contributed by atoms with Crippen molar-refractivity contribution in [3.05, 3.63) is 28.5 Å². The highest BCUT2D eigenvalue weighted by atomic mass is 79.9. The van der Waals surface area contributed by atoms with Gasteiger partial charge in [0.1, 0.15) is 0 Å². The van der Waals surface area contributed by atoms with Gasteiger partial charge in [-0.3, -0.25) is 4.98 Å². The Morgan fingerprint density at radius 2 is 2.25 bits per heavy atom. The highest BCUT2D eigenvalue weighted by Gasteiger charge is 2.01. The molecule has 0 radical (unpaired) electrons. The maximum atomic E-state index is 4.14. The summed E-state index contributed by atoms with van der Waals surface area (Å²) >= 11 is 3.42. The van der Waals surface area contributed by atoms with Crippen LogP contribution in [0.3, 0.4) is 0 Å². The SMILES string of the molecule is CCCNCC(C)NCc1cncc(Br)c1. The second-order valence-electron chi connectivity index (χ2n) is 4.00. The van der Waals surface area contributed by atoms with E-state index < -0.39 is 0 Å². The van der Waals surface area contributed by atoms with Gasteiger partial charge in [0.25, 0.3) is 0 Å². The molecule has 4 heteroatoms. The van der Waals surface area contributed by atoms with Gasteiger partial charge in [-0.2, -0.15) is 0 Å². The lowest BCUT2D eigenvalue weighted by Crippen LogP contribution is -2.36. The Kier molecular flexibility index (Phi) is 6.61. The molecule has 1 heterocycles. The summed E-state index contributed by atoms with van der Waals surface area (Å²) in [4.78, 5) is 4.14. The Hall–Kier alpha value is -0.450. The molecule has 1 aromatic rings. The molecule has 0 aromatic carbocycles. The molecule has 1 atom stereocenters. The Morgan fingerprint density at radius 1 is 1.44 bits per heavy atom. The van der Waals surface area contributed by atoms with Crippen LogP contribution < -0.4 is 10.6 Å². The molecule has 0 spiro atoms. The topological polar surface area (TPSA) is 37.0 Å². The molecule has 0 amide bonds. The van der Waals surface area contributed by atoms with Gasteiger partial charge in [0.15, 0.2) is 0 Å². The van der Waals surface area contributed by atoms with Crippen molar-refractivity contribution in [3.8, 4) is 0 Å². The zero-order valence-corrected chi connectivity index (χ0v) is 11.5. The van der Waals surface area contributed by atoms with E-state index in [-0.39, 0.29) is 0 Å². The zero-order chi connectivity index (χ0) is 11.8. The molecule has 0 aliphatic rings. The van der Waals surface area contributed by atoms with Crippen molar-refractivity contribution in [2.45, 2.75) is 32.9 Å². The van der Waals surface area contributed by atoms with Crippen LogP contribution in [0.15, 0.2) is 22.9 Å². The Morgan fingerprint density at radius 3 is 2.94 bits per heavy atom. The van der Waals surface area contributed by atoms with Crippen LogP contribution in [0.5, 0.6) is 0 Å². The lowest BCUT2D eigenvalue weighted by molar-refractivity contribution is 0.501. The number of hydrogen-bond acceptors (Lipinski definition) is 3. The van der Waals surface area contributed by atoms with Gasteiger partial charge in [0, 0.05) is 36.0 Å². The third kappa shape index (κ3) is 5.58. The van der Waals surface area contributed by atoms with Crippen LogP contribution in [0.25, 0.3) is 0 Å². The van der Waals surface area contributed by atoms with Crippen molar-refractivity contribution in [1.29, 1.82) is 0 Å². The molecule has 3 nitrogen and oxygen atoms in total. The summed E-state index contributed by atoms with van der Waals surface area (Å²) in [5.74, 6) is 0. The van der Waals surface area contributed by atoms with Gasteiger partial charge in [-0.1, -0.05) is 6.92 Å². The van der Waals surface area contributed by atoms with Gasteiger partial charge in [-0.25, -0.2) is 0 Å². The van der Waals surface area contributed by atoms with E-state index in [2.05, 4.69) is 51.5 Å². The Balaban J connectivity index is 2.23. The number of nitrogens with zero attached hydrogens (tertiary/aromatic N) is 1. The van der Waals surface area contributed by atoms with Gasteiger partial charge in [0.2, 0.25) is 0 Å². The fraction of sp³-hybridized carbons (Fsp3) is 0.583. The van der Waals surface area contributed by atoms with Crippen molar-refractivity contribution in [1.82, 2.24) is 15.6 Å². The molecule has 0 aliphatic heterocycles. The van der Waals surface area contributed by atoms with Crippen molar-refractivity contribution in [3.63, 3.8) is 0 Å². The normalized spacial score (nSPS) is 12.7.